The van der Waals surface area contributed by atoms with E-state index in [-0.39, 0.29) is 11.4 Å². The highest BCUT2D eigenvalue weighted by Gasteiger charge is 2.26. The van der Waals surface area contributed by atoms with E-state index in [4.69, 9.17) is 0 Å². The SMILES string of the molecule is O=C(CN(c1ccccc1)S(=O)(=O)c1ccccc1)NN=C1CCCCCC1. The van der Waals surface area contributed by atoms with Crippen LogP contribution >= 0.6 is 0 Å². The zero-order valence-corrected chi connectivity index (χ0v) is 16.6. The summed E-state index contributed by atoms with van der Waals surface area (Å²) in [5.41, 5.74) is 3.96. The van der Waals surface area contributed by atoms with Gasteiger partial charge in [0.25, 0.3) is 15.9 Å². The van der Waals surface area contributed by atoms with Crippen LogP contribution in [-0.4, -0.2) is 26.6 Å². The lowest BCUT2D eigenvalue weighted by Gasteiger charge is -2.23. The number of sulfonamides is 1. The van der Waals surface area contributed by atoms with Crippen LogP contribution in [0.3, 0.4) is 0 Å². The number of hydrazone groups is 1. The molecular weight excluding hydrogens is 374 g/mol. The molecule has 7 heteroatoms. The minimum absolute atomic E-state index is 0.140. The Labute approximate surface area is 166 Å². The Hall–Kier alpha value is -2.67. The zero-order valence-electron chi connectivity index (χ0n) is 15.8. The van der Waals surface area contributed by atoms with Gasteiger partial charge in [-0.05, 0) is 49.9 Å². The summed E-state index contributed by atoms with van der Waals surface area (Å²) in [7, 11) is -3.87. The fraction of sp³-hybridized carbons (Fsp3) is 0.333. The molecule has 0 saturated heterocycles. The Balaban J connectivity index is 1.80. The molecule has 2 aromatic rings. The van der Waals surface area contributed by atoms with Crippen LogP contribution in [0.15, 0.2) is 70.7 Å². The first-order valence-corrected chi connectivity index (χ1v) is 11.0. The fourth-order valence-corrected chi connectivity index (χ4v) is 4.63. The molecule has 28 heavy (non-hydrogen) atoms. The zero-order chi connectivity index (χ0) is 19.8. The topological polar surface area (TPSA) is 78.8 Å². The van der Waals surface area contributed by atoms with Crippen LogP contribution in [0.25, 0.3) is 0 Å². The average Bonchev–Trinajstić information content (AvgIpc) is 3.00. The smallest absolute Gasteiger partial charge is 0.264 e. The standard InChI is InChI=1S/C21H25N3O3S/c25-21(23-22-18-11-5-1-2-6-12-18)17-24(19-13-7-3-8-14-19)28(26,27)20-15-9-4-10-16-20/h3-4,7-10,13-16H,1-2,5-6,11-12,17H2,(H,23,25). The van der Waals surface area contributed by atoms with Gasteiger partial charge in [-0.2, -0.15) is 5.10 Å². The molecule has 1 aliphatic carbocycles. The summed E-state index contributed by atoms with van der Waals surface area (Å²) in [4.78, 5) is 12.6. The summed E-state index contributed by atoms with van der Waals surface area (Å²) in [5.74, 6) is -0.458. The molecule has 148 valence electrons. The van der Waals surface area contributed by atoms with Crippen molar-refractivity contribution >= 4 is 27.3 Å². The van der Waals surface area contributed by atoms with Crippen molar-refractivity contribution in [3.05, 3.63) is 60.7 Å². The van der Waals surface area contributed by atoms with E-state index in [9.17, 15) is 13.2 Å². The Morgan fingerprint density at radius 3 is 2.07 bits per heavy atom. The summed E-state index contributed by atoms with van der Waals surface area (Å²) in [6.07, 6.45) is 6.28. The largest absolute Gasteiger partial charge is 0.271 e. The predicted molar refractivity (Wildman–Crippen MR) is 111 cm³/mol. The molecule has 0 heterocycles. The molecule has 0 bridgehead atoms. The third kappa shape index (κ3) is 5.19. The number of rotatable bonds is 6. The molecule has 1 amide bonds. The third-order valence-electron chi connectivity index (χ3n) is 4.68. The van der Waals surface area contributed by atoms with E-state index in [0.29, 0.717) is 5.69 Å². The minimum Gasteiger partial charge on any atom is -0.271 e. The Bertz CT molecular complexity index is 902. The van der Waals surface area contributed by atoms with Crippen LogP contribution in [0.1, 0.15) is 38.5 Å². The molecule has 0 atom stereocenters. The quantitative estimate of drug-likeness (QED) is 0.594. The molecule has 1 saturated carbocycles. The van der Waals surface area contributed by atoms with Gasteiger partial charge in [-0.3, -0.25) is 9.10 Å². The number of nitrogens with zero attached hydrogens (tertiary/aromatic N) is 2. The Kier molecular flexibility index (Phi) is 6.81. The van der Waals surface area contributed by atoms with E-state index >= 15 is 0 Å². The van der Waals surface area contributed by atoms with Crippen molar-refractivity contribution in [1.82, 2.24) is 5.43 Å². The lowest BCUT2D eigenvalue weighted by Crippen LogP contribution is -2.39. The van der Waals surface area contributed by atoms with Crippen molar-refractivity contribution in [2.45, 2.75) is 43.4 Å². The maximum atomic E-state index is 13.1. The Morgan fingerprint density at radius 1 is 0.893 bits per heavy atom. The van der Waals surface area contributed by atoms with Crippen molar-refractivity contribution in [2.75, 3.05) is 10.8 Å². The Morgan fingerprint density at radius 2 is 1.46 bits per heavy atom. The summed E-state index contributed by atoms with van der Waals surface area (Å²) < 4.78 is 27.4. The number of hydrogen-bond donors (Lipinski definition) is 1. The van der Waals surface area contributed by atoms with Crippen molar-refractivity contribution in [2.24, 2.45) is 5.10 Å². The molecule has 0 unspecified atom stereocenters. The number of nitrogens with one attached hydrogen (secondary N) is 1. The van der Waals surface area contributed by atoms with E-state index in [2.05, 4.69) is 10.5 Å². The average molecular weight is 400 g/mol. The van der Waals surface area contributed by atoms with Crippen molar-refractivity contribution in [3.8, 4) is 0 Å². The summed E-state index contributed by atoms with van der Waals surface area (Å²) in [6.45, 7) is -0.335. The van der Waals surface area contributed by atoms with Gasteiger partial charge in [0.2, 0.25) is 0 Å². The molecule has 0 spiro atoms. The lowest BCUT2D eigenvalue weighted by atomic mass is 10.2. The van der Waals surface area contributed by atoms with Gasteiger partial charge >= 0.3 is 0 Å². The van der Waals surface area contributed by atoms with Gasteiger partial charge < -0.3 is 0 Å². The molecule has 1 fully saturated rings. The first kappa shape index (κ1) is 20.1. The van der Waals surface area contributed by atoms with Gasteiger partial charge in [-0.25, -0.2) is 13.8 Å². The first-order valence-electron chi connectivity index (χ1n) is 9.54. The highest BCUT2D eigenvalue weighted by Crippen LogP contribution is 2.23. The van der Waals surface area contributed by atoms with Gasteiger partial charge in [0.15, 0.2) is 0 Å². The van der Waals surface area contributed by atoms with Gasteiger partial charge in [0, 0.05) is 5.71 Å². The fourth-order valence-electron chi connectivity index (χ4n) is 3.18. The van der Waals surface area contributed by atoms with E-state index in [1.807, 2.05) is 0 Å². The van der Waals surface area contributed by atoms with Crippen LogP contribution in [0.2, 0.25) is 0 Å². The molecule has 0 aliphatic heterocycles. The number of benzene rings is 2. The summed E-state index contributed by atoms with van der Waals surface area (Å²) in [6, 6.07) is 16.7. The number of anilines is 1. The van der Waals surface area contributed by atoms with Crippen LogP contribution < -0.4 is 9.73 Å². The maximum Gasteiger partial charge on any atom is 0.264 e. The second-order valence-electron chi connectivity index (χ2n) is 6.79. The molecule has 2 aromatic carbocycles. The highest BCUT2D eigenvalue weighted by atomic mass is 32.2. The number of carbonyl (C=O) groups excluding carboxylic acids is 1. The molecule has 0 aromatic heterocycles. The summed E-state index contributed by atoms with van der Waals surface area (Å²) >= 11 is 0. The molecular formula is C21H25N3O3S. The predicted octanol–water partition coefficient (Wildman–Crippen LogP) is 3.71. The van der Waals surface area contributed by atoms with Gasteiger partial charge in [0.05, 0.1) is 10.6 Å². The number of amides is 1. The van der Waals surface area contributed by atoms with Crippen LogP contribution in [0.5, 0.6) is 0 Å². The van der Waals surface area contributed by atoms with Crippen LogP contribution in [0.4, 0.5) is 5.69 Å². The van der Waals surface area contributed by atoms with Crippen molar-refractivity contribution in [1.29, 1.82) is 0 Å². The number of hydrogen-bond acceptors (Lipinski definition) is 4. The first-order chi connectivity index (χ1) is 13.6. The maximum absolute atomic E-state index is 13.1. The monoisotopic (exact) mass is 399 g/mol. The van der Waals surface area contributed by atoms with Crippen LogP contribution in [-0.2, 0) is 14.8 Å². The number of para-hydroxylation sites is 1. The van der Waals surface area contributed by atoms with Crippen molar-refractivity contribution < 1.29 is 13.2 Å². The van der Waals surface area contributed by atoms with E-state index < -0.39 is 15.9 Å². The van der Waals surface area contributed by atoms with E-state index in [1.165, 1.54) is 25.0 Å². The molecule has 1 N–H and O–H groups in total. The number of carbonyl (C=O) groups is 1. The highest BCUT2D eigenvalue weighted by molar-refractivity contribution is 7.92. The third-order valence-corrected chi connectivity index (χ3v) is 6.47. The van der Waals surface area contributed by atoms with E-state index in [1.54, 1.807) is 48.5 Å². The van der Waals surface area contributed by atoms with Gasteiger partial charge in [-0.1, -0.05) is 49.2 Å². The summed E-state index contributed by atoms with van der Waals surface area (Å²) in [5, 5.41) is 4.24. The molecule has 6 nitrogen and oxygen atoms in total. The second-order valence-corrected chi connectivity index (χ2v) is 8.65. The molecule has 0 radical (unpaired) electrons. The van der Waals surface area contributed by atoms with Crippen LogP contribution in [0, 0.1) is 0 Å². The normalized spacial score (nSPS) is 14.8. The molecule has 1 aliphatic rings. The lowest BCUT2D eigenvalue weighted by molar-refractivity contribution is -0.119. The van der Waals surface area contributed by atoms with Gasteiger partial charge in [-0.15, -0.1) is 0 Å². The van der Waals surface area contributed by atoms with Crippen molar-refractivity contribution in [3.63, 3.8) is 0 Å². The second kappa shape index (κ2) is 9.50. The minimum atomic E-state index is -3.87. The van der Waals surface area contributed by atoms with E-state index in [0.717, 1.165) is 35.7 Å². The van der Waals surface area contributed by atoms with Gasteiger partial charge in [0.1, 0.15) is 6.54 Å². The molecule has 3 rings (SSSR count).